The summed E-state index contributed by atoms with van der Waals surface area (Å²) in [4.78, 5) is 14.3. The quantitative estimate of drug-likeness (QED) is 0.657. The molecule has 5 heteroatoms. The van der Waals surface area contributed by atoms with Gasteiger partial charge in [-0.15, -0.1) is 0 Å². The van der Waals surface area contributed by atoms with Crippen LogP contribution in [0.1, 0.15) is 24.0 Å². The number of halogens is 2. The molecule has 1 amide bonds. The number of rotatable bonds is 2. The molecule has 2 aliphatic heterocycles. The van der Waals surface area contributed by atoms with Crippen LogP contribution in [0.25, 0.3) is 0 Å². The molecule has 0 unspecified atom stereocenters. The second-order valence-electron chi connectivity index (χ2n) is 5.97. The number of carbonyl (C=O) groups is 1. The van der Waals surface area contributed by atoms with Gasteiger partial charge < -0.3 is 9.64 Å². The Kier molecular flexibility index (Phi) is 3.73. The number of ether oxygens (including phenoxy) is 1. The fraction of sp³-hybridized carbons (Fsp3) is 0.278. The first-order chi connectivity index (χ1) is 11.1. The van der Waals surface area contributed by atoms with Crippen molar-refractivity contribution in [3.05, 3.63) is 68.6 Å². The average molecular weight is 437 g/mol. The number of nitrogens with zero attached hydrogens (tertiary/aromatic N) is 1. The molecule has 23 heavy (non-hydrogen) atoms. The highest BCUT2D eigenvalue weighted by molar-refractivity contribution is 9.10. The second kappa shape index (κ2) is 5.64. The van der Waals surface area contributed by atoms with Crippen molar-refractivity contribution in [2.45, 2.75) is 24.5 Å². The van der Waals surface area contributed by atoms with Crippen LogP contribution >= 0.6 is 31.9 Å². The van der Waals surface area contributed by atoms with Crippen molar-refractivity contribution in [2.24, 2.45) is 0 Å². The number of carbonyl (C=O) groups excluding carboxylic acids is 1. The van der Waals surface area contributed by atoms with Gasteiger partial charge in [-0.25, -0.2) is 4.79 Å². The van der Waals surface area contributed by atoms with E-state index in [1.165, 1.54) is 0 Å². The standard InChI is InChI=1S/C18H15Br2NO2/c19-14-7-3-12(4-8-14)18(13-5-9-15(20)10-6-13)16-2-1-11-21(16)17(22)23-18/h3-10,16H,1-2,11H2/t16-/m0/s1. The highest BCUT2D eigenvalue weighted by Crippen LogP contribution is 2.48. The minimum atomic E-state index is -0.727. The lowest BCUT2D eigenvalue weighted by molar-refractivity contribution is 0.0670. The van der Waals surface area contributed by atoms with E-state index in [2.05, 4.69) is 31.9 Å². The molecule has 0 saturated carbocycles. The van der Waals surface area contributed by atoms with Crippen LogP contribution < -0.4 is 0 Å². The van der Waals surface area contributed by atoms with Gasteiger partial charge >= 0.3 is 6.09 Å². The molecular formula is C18H15Br2NO2. The molecule has 2 heterocycles. The highest BCUT2D eigenvalue weighted by Gasteiger charge is 2.57. The predicted molar refractivity (Wildman–Crippen MR) is 95.3 cm³/mol. The number of fused-ring (bicyclic) bond motifs is 1. The van der Waals surface area contributed by atoms with Gasteiger partial charge in [0.25, 0.3) is 0 Å². The zero-order valence-electron chi connectivity index (χ0n) is 12.3. The summed E-state index contributed by atoms with van der Waals surface area (Å²) in [5.74, 6) is 0. The van der Waals surface area contributed by atoms with E-state index in [1.54, 1.807) is 0 Å². The summed E-state index contributed by atoms with van der Waals surface area (Å²) in [6, 6.07) is 16.2. The molecular weight excluding hydrogens is 422 g/mol. The van der Waals surface area contributed by atoms with Crippen molar-refractivity contribution in [3.63, 3.8) is 0 Å². The molecule has 2 aromatic rings. The third-order valence-corrected chi connectivity index (χ3v) is 5.81. The monoisotopic (exact) mass is 435 g/mol. The molecule has 2 saturated heterocycles. The zero-order valence-corrected chi connectivity index (χ0v) is 15.5. The van der Waals surface area contributed by atoms with Gasteiger partial charge in [-0.05, 0) is 37.1 Å². The van der Waals surface area contributed by atoms with E-state index in [9.17, 15) is 4.79 Å². The van der Waals surface area contributed by atoms with Gasteiger partial charge in [0.2, 0.25) is 0 Å². The van der Waals surface area contributed by atoms with E-state index in [0.717, 1.165) is 39.5 Å². The summed E-state index contributed by atoms with van der Waals surface area (Å²) in [6.45, 7) is 0.776. The van der Waals surface area contributed by atoms with E-state index in [4.69, 9.17) is 4.74 Å². The van der Waals surface area contributed by atoms with Crippen LogP contribution in [0.15, 0.2) is 57.5 Å². The normalized spacial score (nSPS) is 22.1. The summed E-state index contributed by atoms with van der Waals surface area (Å²) in [6.07, 6.45) is 1.77. The number of hydrogen-bond donors (Lipinski definition) is 0. The maximum absolute atomic E-state index is 12.4. The van der Waals surface area contributed by atoms with Crippen molar-refractivity contribution in [3.8, 4) is 0 Å². The van der Waals surface area contributed by atoms with Crippen LogP contribution in [0.4, 0.5) is 4.79 Å². The van der Waals surface area contributed by atoms with Crippen LogP contribution in [0.5, 0.6) is 0 Å². The maximum atomic E-state index is 12.4. The smallest absolute Gasteiger partial charge is 0.411 e. The van der Waals surface area contributed by atoms with Crippen LogP contribution in [0.3, 0.4) is 0 Å². The molecule has 0 radical (unpaired) electrons. The fourth-order valence-electron chi connectivity index (χ4n) is 3.74. The van der Waals surface area contributed by atoms with Gasteiger partial charge in [-0.3, -0.25) is 0 Å². The number of hydrogen-bond acceptors (Lipinski definition) is 2. The van der Waals surface area contributed by atoms with E-state index in [1.807, 2.05) is 53.4 Å². The highest BCUT2D eigenvalue weighted by atomic mass is 79.9. The van der Waals surface area contributed by atoms with Gasteiger partial charge in [0.15, 0.2) is 5.60 Å². The number of benzene rings is 2. The van der Waals surface area contributed by atoms with Crippen molar-refractivity contribution < 1.29 is 9.53 Å². The molecule has 1 atom stereocenters. The molecule has 4 rings (SSSR count). The molecule has 2 aliphatic rings. The van der Waals surface area contributed by atoms with Crippen molar-refractivity contribution >= 4 is 38.0 Å². The molecule has 0 bridgehead atoms. The third-order valence-electron chi connectivity index (χ3n) is 4.75. The Morgan fingerprint density at radius 3 is 2.00 bits per heavy atom. The summed E-state index contributed by atoms with van der Waals surface area (Å²) in [5, 5.41) is 0. The topological polar surface area (TPSA) is 29.5 Å². The molecule has 0 aromatic heterocycles. The predicted octanol–water partition coefficient (Wildman–Crippen LogP) is 5.07. The molecule has 2 aromatic carbocycles. The molecule has 0 aliphatic carbocycles. The van der Waals surface area contributed by atoms with Crippen molar-refractivity contribution in [1.82, 2.24) is 4.90 Å². The Morgan fingerprint density at radius 2 is 1.48 bits per heavy atom. The summed E-state index contributed by atoms with van der Waals surface area (Å²) in [5.41, 5.74) is 1.31. The lowest BCUT2D eigenvalue weighted by Crippen LogP contribution is -2.40. The number of cyclic esters (lactones) is 1. The minimum Gasteiger partial charge on any atom is -0.431 e. The fourth-order valence-corrected chi connectivity index (χ4v) is 4.27. The van der Waals surface area contributed by atoms with Gasteiger partial charge in [-0.2, -0.15) is 0 Å². The molecule has 3 nitrogen and oxygen atoms in total. The van der Waals surface area contributed by atoms with Gasteiger partial charge in [0, 0.05) is 26.6 Å². The molecule has 0 spiro atoms. The number of amides is 1. The Hall–Kier alpha value is -1.33. The van der Waals surface area contributed by atoms with E-state index < -0.39 is 5.60 Å². The molecule has 2 fully saturated rings. The second-order valence-corrected chi connectivity index (χ2v) is 7.80. The summed E-state index contributed by atoms with van der Waals surface area (Å²) >= 11 is 6.96. The Morgan fingerprint density at radius 1 is 0.957 bits per heavy atom. The first kappa shape index (κ1) is 15.2. The van der Waals surface area contributed by atoms with E-state index >= 15 is 0 Å². The maximum Gasteiger partial charge on any atom is 0.411 e. The Balaban J connectivity index is 1.92. The molecule has 118 valence electrons. The van der Waals surface area contributed by atoms with Gasteiger partial charge in [-0.1, -0.05) is 56.1 Å². The first-order valence-corrected chi connectivity index (χ1v) is 9.21. The van der Waals surface area contributed by atoms with Crippen LogP contribution in [0.2, 0.25) is 0 Å². The third kappa shape index (κ3) is 2.32. The van der Waals surface area contributed by atoms with Crippen LogP contribution in [0, 0.1) is 0 Å². The lowest BCUT2D eigenvalue weighted by Gasteiger charge is -2.33. The van der Waals surface area contributed by atoms with Crippen molar-refractivity contribution in [1.29, 1.82) is 0 Å². The lowest BCUT2D eigenvalue weighted by atomic mass is 9.79. The van der Waals surface area contributed by atoms with Crippen LogP contribution in [-0.4, -0.2) is 23.6 Å². The minimum absolute atomic E-state index is 0.0531. The van der Waals surface area contributed by atoms with Crippen molar-refractivity contribution in [2.75, 3.05) is 6.54 Å². The summed E-state index contributed by atoms with van der Waals surface area (Å²) < 4.78 is 8.05. The largest absolute Gasteiger partial charge is 0.431 e. The van der Waals surface area contributed by atoms with Gasteiger partial charge in [0.1, 0.15) is 0 Å². The van der Waals surface area contributed by atoms with Crippen LogP contribution in [-0.2, 0) is 10.3 Å². The first-order valence-electron chi connectivity index (χ1n) is 7.63. The Bertz CT molecular complexity index is 697. The van der Waals surface area contributed by atoms with E-state index in [-0.39, 0.29) is 12.1 Å². The zero-order chi connectivity index (χ0) is 16.0. The SMILES string of the molecule is O=C1OC(c2ccc(Br)cc2)(c2ccc(Br)cc2)[C@@H]2CCCN12. The summed E-state index contributed by atoms with van der Waals surface area (Å²) in [7, 11) is 0. The van der Waals surface area contributed by atoms with Gasteiger partial charge in [0.05, 0.1) is 6.04 Å². The molecule has 0 N–H and O–H groups in total. The van der Waals surface area contributed by atoms with E-state index in [0.29, 0.717) is 0 Å². The average Bonchev–Trinajstić information content (AvgIpc) is 3.13. The Labute approximate surface area is 151 Å².